The smallest absolute Gasteiger partial charge is 0.226 e. The van der Waals surface area contributed by atoms with Gasteiger partial charge >= 0.3 is 0 Å². The maximum Gasteiger partial charge on any atom is 0.226 e. The minimum Gasteiger partial charge on any atom is -0.352 e. The van der Waals surface area contributed by atoms with E-state index in [0.717, 1.165) is 22.6 Å². The third-order valence-corrected chi connectivity index (χ3v) is 4.59. The maximum absolute atomic E-state index is 12.1. The molecule has 0 radical (unpaired) electrons. The summed E-state index contributed by atoms with van der Waals surface area (Å²) >= 11 is 0. The van der Waals surface area contributed by atoms with Gasteiger partial charge in [0.2, 0.25) is 5.91 Å². The van der Waals surface area contributed by atoms with Gasteiger partial charge < -0.3 is 14.5 Å². The molecular weight excluding hydrogens is 302 g/mol. The molecule has 2 heterocycles. The van der Waals surface area contributed by atoms with Crippen molar-refractivity contribution in [2.75, 3.05) is 0 Å². The summed E-state index contributed by atoms with van der Waals surface area (Å²) in [6.07, 6.45) is 6.26. The van der Waals surface area contributed by atoms with Crippen LogP contribution in [0.25, 0.3) is 11.0 Å². The highest BCUT2D eigenvalue weighted by Gasteiger charge is 2.26. The average molecular weight is 323 g/mol. The van der Waals surface area contributed by atoms with Crippen molar-refractivity contribution < 1.29 is 4.79 Å². The van der Waals surface area contributed by atoms with E-state index in [0.29, 0.717) is 19.0 Å². The van der Waals surface area contributed by atoms with Crippen molar-refractivity contribution in [3.05, 3.63) is 47.8 Å². The van der Waals surface area contributed by atoms with Crippen molar-refractivity contribution in [3.63, 3.8) is 0 Å². The Morgan fingerprint density at radius 1 is 1.38 bits per heavy atom. The molecular formula is C18H21N5O. The number of aryl methyl sites for hydroxylation is 2. The second-order valence-corrected chi connectivity index (χ2v) is 6.53. The number of carbonyl (C=O) groups is 1. The number of amides is 1. The number of fused-ring (bicyclic) bond motifs is 1. The van der Waals surface area contributed by atoms with Gasteiger partial charge in [-0.1, -0.05) is 6.07 Å². The molecule has 1 aromatic carbocycles. The third kappa shape index (κ3) is 2.79. The van der Waals surface area contributed by atoms with Crippen LogP contribution in [0, 0.1) is 6.92 Å². The van der Waals surface area contributed by atoms with Gasteiger partial charge in [0.1, 0.15) is 5.82 Å². The van der Waals surface area contributed by atoms with Crippen molar-refractivity contribution in [1.29, 1.82) is 0 Å². The van der Waals surface area contributed by atoms with Crippen LogP contribution in [0.3, 0.4) is 0 Å². The molecule has 0 atom stereocenters. The van der Waals surface area contributed by atoms with Gasteiger partial charge in [0.15, 0.2) is 0 Å². The molecule has 3 aromatic rings. The molecule has 1 aliphatic carbocycles. The minimum absolute atomic E-state index is 0.00149. The standard InChI is InChI=1S/C18H21N5O/c1-12-21-16-7-13(3-6-17(16)23(12)14-4-5-14)9-20-18(24)8-15-10-19-11-22(15)2/h3,6-7,10-11,14H,4-5,8-9H2,1-2H3,(H,20,24). The molecule has 0 saturated heterocycles. The monoisotopic (exact) mass is 323 g/mol. The first-order chi connectivity index (χ1) is 11.6. The summed E-state index contributed by atoms with van der Waals surface area (Å²) in [6.45, 7) is 2.58. The lowest BCUT2D eigenvalue weighted by molar-refractivity contribution is -0.120. The van der Waals surface area contributed by atoms with Gasteiger partial charge in [0, 0.05) is 31.5 Å². The van der Waals surface area contributed by atoms with Crippen LogP contribution < -0.4 is 5.32 Å². The average Bonchev–Trinajstić information content (AvgIpc) is 3.23. The van der Waals surface area contributed by atoms with E-state index >= 15 is 0 Å². The van der Waals surface area contributed by atoms with Gasteiger partial charge in [0.25, 0.3) is 0 Å². The summed E-state index contributed by atoms with van der Waals surface area (Å²) in [6, 6.07) is 6.90. The van der Waals surface area contributed by atoms with Crippen molar-refractivity contribution in [2.45, 2.75) is 38.8 Å². The normalized spacial score (nSPS) is 14.2. The predicted octanol–water partition coefficient (Wildman–Crippen LogP) is 2.27. The number of benzene rings is 1. The summed E-state index contributed by atoms with van der Waals surface area (Å²) in [5, 5.41) is 2.97. The van der Waals surface area contributed by atoms with Crippen LogP contribution in [0.5, 0.6) is 0 Å². The van der Waals surface area contributed by atoms with Gasteiger partial charge in [0.05, 0.1) is 23.8 Å². The molecule has 1 fully saturated rings. The minimum atomic E-state index is -0.00149. The molecule has 1 aliphatic rings. The maximum atomic E-state index is 12.1. The fourth-order valence-corrected chi connectivity index (χ4v) is 3.15. The quantitative estimate of drug-likeness (QED) is 0.783. The zero-order valence-electron chi connectivity index (χ0n) is 14.0. The van der Waals surface area contributed by atoms with E-state index in [-0.39, 0.29) is 5.91 Å². The molecule has 24 heavy (non-hydrogen) atoms. The highest BCUT2D eigenvalue weighted by molar-refractivity contribution is 5.79. The zero-order valence-corrected chi connectivity index (χ0v) is 14.0. The van der Waals surface area contributed by atoms with Crippen LogP contribution >= 0.6 is 0 Å². The van der Waals surface area contributed by atoms with Crippen LogP contribution in [0.15, 0.2) is 30.7 Å². The Kier molecular flexibility index (Phi) is 3.59. The Morgan fingerprint density at radius 3 is 2.92 bits per heavy atom. The van der Waals surface area contributed by atoms with E-state index in [2.05, 4.69) is 45.0 Å². The summed E-state index contributed by atoms with van der Waals surface area (Å²) < 4.78 is 4.19. The number of hydrogen-bond donors (Lipinski definition) is 1. The van der Waals surface area contributed by atoms with Gasteiger partial charge in [-0.3, -0.25) is 4.79 Å². The second kappa shape index (κ2) is 5.78. The van der Waals surface area contributed by atoms with Crippen molar-refractivity contribution in [2.24, 2.45) is 7.05 Å². The Labute approximate surface area is 140 Å². The summed E-state index contributed by atoms with van der Waals surface area (Å²) in [7, 11) is 1.89. The van der Waals surface area contributed by atoms with Gasteiger partial charge in [-0.15, -0.1) is 0 Å². The third-order valence-electron chi connectivity index (χ3n) is 4.59. The molecule has 0 spiro atoms. The first-order valence-electron chi connectivity index (χ1n) is 8.31. The van der Waals surface area contributed by atoms with Crippen molar-refractivity contribution >= 4 is 16.9 Å². The Hall–Kier alpha value is -2.63. The first-order valence-corrected chi connectivity index (χ1v) is 8.31. The second-order valence-electron chi connectivity index (χ2n) is 6.53. The molecule has 6 nitrogen and oxygen atoms in total. The van der Waals surface area contributed by atoms with Crippen LogP contribution in [0.1, 0.15) is 36.0 Å². The first kappa shape index (κ1) is 14.9. The number of carbonyl (C=O) groups excluding carboxylic acids is 1. The molecule has 4 rings (SSSR count). The van der Waals surface area contributed by atoms with Crippen molar-refractivity contribution in [3.8, 4) is 0 Å². The SMILES string of the molecule is Cc1nc2cc(CNC(=O)Cc3cncn3C)ccc2n1C1CC1. The van der Waals surface area contributed by atoms with E-state index in [1.807, 2.05) is 11.6 Å². The molecule has 1 saturated carbocycles. The molecule has 6 heteroatoms. The van der Waals surface area contributed by atoms with Crippen LogP contribution in [0.2, 0.25) is 0 Å². The lowest BCUT2D eigenvalue weighted by Crippen LogP contribution is -2.25. The zero-order chi connectivity index (χ0) is 16.7. The highest BCUT2D eigenvalue weighted by atomic mass is 16.1. The molecule has 1 amide bonds. The molecule has 2 aromatic heterocycles. The van der Waals surface area contributed by atoms with E-state index in [9.17, 15) is 4.79 Å². The number of aromatic nitrogens is 4. The molecule has 0 aliphatic heterocycles. The van der Waals surface area contributed by atoms with E-state index < -0.39 is 0 Å². The number of rotatable bonds is 5. The van der Waals surface area contributed by atoms with E-state index in [1.165, 1.54) is 18.4 Å². The molecule has 0 bridgehead atoms. The lowest BCUT2D eigenvalue weighted by atomic mass is 10.2. The number of nitrogens with one attached hydrogen (secondary N) is 1. The number of nitrogens with zero attached hydrogens (tertiary/aromatic N) is 4. The molecule has 0 unspecified atom stereocenters. The van der Waals surface area contributed by atoms with E-state index in [1.54, 1.807) is 12.5 Å². The molecule has 124 valence electrons. The lowest BCUT2D eigenvalue weighted by Gasteiger charge is -2.07. The fraction of sp³-hybridized carbons (Fsp3) is 0.389. The largest absolute Gasteiger partial charge is 0.352 e. The fourth-order valence-electron chi connectivity index (χ4n) is 3.15. The van der Waals surface area contributed by atoms with Crippen LogP contribution in [-0.4, -0.2) is 25.0 Å². The number of hydrogen-bond acceptors (Lipinski definition) is 3. The van der Waals surface area contributed by atoms with Gasteiger partial charge in [-0.25, -0.2) is 9.97 Å². The Morgan fingerprint density at radius 2 is 2.21 bits per heavy atom. The van der Waals surface area contributed by atoms with Gasteiger partial charge in [-0.05, 0) is 37.5 Å². The topological polar surface area (TPSA) is 64.7 Å². The Balaban J connectivity index is 1.45. The van der Waals surface area contributed by atoms with E-state index in [4.69, 9.17) is 0 Å². The van der Waals surface area contributed by atoms with Crippen molar-refractivity contribution in [1.82, 2.24) is 24.4 Å². The number of imidazole rings is 2. The summed E-state index contributed by atoms with van der Waals surface area (Å²) in [5.74, 6) is 1.07. The van der Waals surface area contributed by atoms with Crippen LogP contribution in [0.4, 0.5) is 0 Å². The van der Waals surface area contributed by atoms with Gasteiger partial charge in [-0.2, -0.15) is 0 Å². The predicted molar refractivity (Wildman–Crippen MR) is 91.5 cm³/mol. The summed E-state index contributed by atoms with van der Waals surface area (Å²) in [5.41, 5.74) is 4.18. The molecule has 1 N–H and O–H groups in total. The Bertz CT molecular complexity index is 903. The summed E-state index contributed by atoms with van der Waals surface area (Å²) in [4.78, 5) is 20.8. The highest BCUT2D eigenvalue weighted by Crippen LogP contribution is 2.38. The van der Waals surface area contributed by atoms with Crippen LogP contribution in [-0.2, 0) is 24.8 Å².